The van der Waals surface area contributed by atoms with Crippen LogP contribution in [-0.2, 0) is 9.84 Å². The first-order valence-electron chi connectivity index (χ1n) is 4.86. The third-order valence-electron chi connectivity index (χ3n) is 2.34. The fourth-order valence-electron chi connectivity index (χ4n) is 1.29. The lowest BCUT2D eigenvalue weighted by Crippen LogP contribution is -2.34. The fraction of sp³-hybridized carbons (Fsp3) is 0.400. The number of alkyl halides is 2. The number of rotatable bonds is 4. The van der Waals surface area contributed by atoms with E-state index in [1.165, 1.54) is 19.1 Å². The predicted molar refractivity (Wildman–Crippen MR) is 69.7 cm³/mol. The predicted octanol–water partition coefficient (Wildman–Crippen LogP) is 1.87. The average molecular weight is 298 g/mol. The lowest BCUT2D eigenvalue weighted by Gasteiger charge is -2.25. The zero-order valence-electron chi connectivity index (χ0n) is 9.10. The van der Waals surface area contributed by atoms with Gasteiger partial charge in [-0.3, -0.25) is 0 Å². The summed E-state index contributed by atoms with van der Waals surface area (Å²) in [6.45, 7) is 1.40. The summed E-state index contributed by atoms with van der Waals surface area (Å²) in [5.74, 6) is -0.265. The van der Waals surface area contributed by atoms with Crippen molar-refractivity contribution in [3.05, 3.63) is 29.8 Å². The highest BCUT2D eigenvalue weighted by molar-refractivity contribution is 7.95. The van der Waals surface area contributed by atoms with Gasteiger partial charge in [-0.15, -0.1) is 0 Å². The van der Waals surface area contributed by atoms with E-state index in [1.807, 2.05) is 0 Å². The van der Waals surface area contributed by atoms with Crippen molar-refractivity contribution in [2.45, 2.75) is 16.7 Å². The van der Waals surface area contributed by atoms with Gasteiger partial charge >= 0.3 is 0 Å². The fourth-order valence-corrected chi connectivity index (χ4v) is 3.05. The number of nitrogens with two attached hydrogens (primary N) is 1. The van der Waals surface area contributed by atoms with Crippen LogP contribution in [0.1, 0.15) is 18.6 Å². The maximum atomic E-state index is 11.7. The van der Waals surface area contributed by atoms with Gasteiger partial charge in [-0.05, 0) is 17.7 Å². The largest absolute Gasteiger partial charge is 0.399 e. The molecule has 1 aromatic carbocycles. The number of hydrogen-bond donors (Lipinski definition) is 2. The first kappa shape index (κ1) is 14.6. The van der Waals surface area contributed by atoms with Crippen LogP contribution in [0.4, 0.5) is 5.69 Å². The van der Waals surface area contributed by atoms with Gasteiger partial charge in [0, 0.05) is 5.69 Å². The minimum Gasteiger partial charge on any atom is -0.399 e. The SMILES string of the molecule is CCS(=O)(=O)C(Cl)(Cl)[C@H](O)c1cccc(N)c1. The molecule has 0 aromatic heterocycles. The summed E-state index contributed by atoms with van der Waals surface area (Å²) >= 11 is 11.5. The Morgan fingerprint density at radius 3 is 2.53 bits per heavy atom. The maximum Gasteiger partial charge on any atom is 0.247 e. The monoisotopic (exact) mass is 297 g/mol. The zero-order chi connectivity index (χ0) is 13.3. The average Bonchev–Trinajstić information content (AvgIpc) is 2.27. The molecule has 0 saturated heterocycles. The second-order valence-corrected chi connectivity index (χ2v) is 7.82. The molecule has 0 aliphatic heterocycles. The van der Waals surface area contributed by atoms with E-state index >= 15 is 0 Å². The Labute approximate surface area is 110 Å². The van der Waals surface area contributed by atoms with Gasteiger partial charge in [0.25, 0.3) is 0 Å². The summed E-state index contributed by atoms with van der Waals surface area (Å²) in [6.07, 6.45) is -1.56. The summed E-state index contributed by atoms with van der Waals surface area (Å²) in [4.78, 5) is 0. The molecule has 3 N–H and O–H groups in total. The van der Waals surface area contributed by atoms with Crippen molar-refractivity contribution in [1.82, 2.24) is 0 Å². The highest BCUT2D eigenvalue weighted by atomic mass is 35.5. The van der Waals surface area contributed by atoms with Crippen molar-refractivity contribution >= 4 is 38.7 Å². The van der Waals surface area contributed by atoms with E-state index in [2.05, 4.69) is 0 Å². The molecule has 17 heavy (non-hydrogen) atoms. The van der Waals surface area contributed by atoms with Crippen LogP contribution in [0.2, 0.25) is 0 Å². The van der Waals surface area contributed by atoms with E-state index in [-0.39, 0.29) is 11.3 Å². The van der Waals surface area contributed by atoms with Crippen LogP contribution in [0.3, 0.4) is 0 Å². The smallest absolute Gasteiger partial charge is 0.247 e. The number of hydrogen-bond acceptors (Lipinski definition) is 4. The summed E-state index contributed by atoms with van der Waals surface area (Å²) < 4.78 is 21.0. The standard InChI is InChI=1S/C10H13Cl2NO3S/c1-2-17(15,16)10(11,12)9(14)7-4-3-5-8(13)6-7/h3-6,9,14H,2,13H2,1H3/t9-/m1/s1. The Bertz CT molecular complexity index is 502. The van der Waals surface area contributed by atoms with Crippen molar-refractivity contribution in [2.24, 2.45) is 0 Å². The molecule has 0 heterocycles. The van der Waals surface area contributed by atoms with Gasteiger partial charge in [-0.2, -0.15) is 0 Å². The molecule has 0 aliphatic carbocycles. The molecular weight excluding hydrogens is 285 g/mol. The second kappa shape index (κ2) is 5.02. The van der Waals surface area contributed by atoms with Gasteiger partial charge in [0.2, 0.25) is 3.67 Å². The Hall–Kier alpha value is -0.490. The topological polar surface area (TPSA) is 80.4 Å². The molecule has 7 heteroatoms. The Morgan fingerprint density at radius 1 is 1.47 bits per heavy atom. The van der Waals surface area contributed by atoms with Crippen LogP contribution in [0.15, 0.2) is 24.3 Å². The summed E-state index contributed by atoms with van der Waals surface area (Å²) in [5, 5.41) is 9.94. The number of nitrogen functional groups attached to an aromatic ring is 1. The number of aliphatic hydroxyl groups is 1. The quantitative estimate of drug-likeness (QED) is 0.657. The van der Waals surface area contributed by atoms with E-state index in [0.29, 0.717) is 5.69 Å². The van der Waals surface area contributed by atoms with Crippen LogP contribution < -0.4 is 5.73 Å². The molecule has 1 atom stereocenters. The van der Waals surface area contributed by atoms with Gasteiger partial charge in [0.05, 0.1) is 5.75 Å². The molecule has 1 rings (SSSR count). The number of anilines is 1. The molecule has 0 aliphatic rings. The maximum absolute atomic E-state index is 11.7. The molecular formula is C10H13Cl2NO3S. The van der Waals surface area contributed by atoms with Gasteiger partial charge in [0.1, 0.15) is 6.10 Å². The van der Waals surface area contributed by atoms with E-state index < -0.39 is 19.6 Å². The van der Waals surface area contributed by atoms with Crippen molar-refractivity contribution in [3.63, 3.8) is 0 Å². The van der Waals surface area contributed by atoms with Gasteiger partial charge < -0.3 is 10.8 Å². The van der Waals surface area contributed by atoms with E-state index in [0.717, 1.165) is 0 Å². The van der Waals surface area contributed by atoms with Crippen molar-refractivity contribution in [3.8, 4) is 0 Å². The molecule has 96 valence electrons. The first-order chi connectivity index (χ1) is 7.72. The Balaban J connectivity index is 3.17. The van der Waals surface area contributed by atoms with Crippen LogP contribution in [0.5, 0.6) is 0 Å². The Kier molecular flexibility index (Phi) is 4.30. The van der Waals surface area contributed by atoms with Gasteiger partial charge in [-0.25, -0.2) is 8.42 Å². The normalized spacial score (nSPS) is 14.6. The van der Waals surface area contributed by atoms with E-state index in [9.17, 15) is 13.5 Å². The molecule has 0 amide bonds. The van der Waals surface area contributed by atoms with E-state index in [4.69, 9.17) is 28.9 Å². The van der Waals surface area contributed by atoms with Gasteiger partial charge in [-0.1, -0.05) is 42.3 Å². The molecule has 0 saturated carbocycles. The van der Waals surface area contributed by atoms with Crippen LogP contribution >= 0.6 is 23.2 Å². The van der Waals surface area contributed by atoms with Crippen LogP contribution in [-0.4, -0.2) is 22.9 Å². The molecule has 1 aromatic rings. The minimum absolute atomic E-state index is 0.257. The molecule has 0 bridgehead atoms. The highest BCUT2D eigenvalue weighted by Gasteiger charge is 2.46. The van der Waals surface area contributed by atoms with Gasteiger partial charge in [0.15, 0.2) is 9.84 Å². The number of sulfone groups is 1. The summed E-state index contributed by atoms with van der Waals surface area (Å²) in [7, 11) is -3.82. The van der Waals surface area contributed by atoms with Crippen molar-refractivity contribution in [1.29, 1.82) is 0 Å². The minimum atomic E-state index is -3.82. The number of halogens is 2. The molecule has 0 radical (unpaired) electrons. The summed E-state index contributed by atoms with van der Waals surface area (Å²) in [5.41, 5.74) is 6.18. The highest BCUT2D eigenvalue weighted by Crippen LogP contribution is 2.41. The lowest BCUT2D eigenvalue weighted by atomic mass is 10.1. The lowest BCUT2D eigenvalue weighted by molar-refractivity contribution is 0.181. The molecule has 0 unspecified atom stereocenters. The first-order valence-corrected chi connectivity index (χ1v) is 7.26. The van der Waals surface area contributed by atoms with Crippen molar-refractivity contribution in [2.75, 3.05) is 11.5 Å². The number of aliphatic hydroxyl groups excluding tert-OH is 1. The van der Waals surface area contributed by atoms with Crippen LogP contribution in [0, 0.1) is 0 Å². The van der Waals surface area contributed by atoms with Crippen molar-refractivity contribution < 1.29 is 13.5 Å². The van der Waals surface area contributed by atoms with Crippen LogP contribution in [0.25, 0.3) is 0 Å². The zero-order valence-corrected chi connectivity index (χ0v) is 11.4. The molecule has 0 fully saturated rings. The van der Waals surface area contributed by atoms with E-state index in [1.54, 1.807) is 12.1 Å². The Morgan fingerprint density at radius 2 is 2.06 bits per heavy atom. The molecule has 0 spiro atoms. The third kappa shape index (κ3) is 2.85. The molecule has 4 nitrogen and oxygen atoms in total. The summed E-state index contributed by atoms with van der Waals surface area (Å²) in [6, 6.07) is 6.12. The third-order valence-corrected chi connectivity index (χ3v) is 5.98. The number of benzene rings is 1. The second-order valence-electron chi connectivity index (χ2n) is 3.54.